The van der Waals surface area contributed by atoms with Crippen molar-refractivity contribution >= 4 is 34.5 Å². The van der Waals surface area contributed by atoms with Crippen molar-refractivity contribution in [1.82, 2.24) is 10.3 Å². The second-order valence-corrected chi connectivity index (χ2v) is 7.81. The van der Waals surface area contributed by atoms with Gasteiger partial charge in [-0.2, -0.15) is 0 Å². The molecule has 22 heavy (non-hydrogen) atoms. The molecule has 1 heterocycles. The number of rotatable bonds is 4. The number of benzene rings is 1. The van der Waals surface area contributed by atoms with Gasteiger partial charge in [-0.1, -0.05) is 17.7 Å². The Balaban J connectivity index is 2.13. The van der Waals surface area contributed by atoms with Crippen LogP contribution in [0.25, 0.3) is 0 Å². The van der Waals surface area contributed by atoms with Crippen molar-refractivity contribution in [3.8, 4) is 0 Å². The zero-order chi connectivity index (χ0) is 16.3. The number of hydrogen-bond acceptors (Lipinski definition) is 4. The molecule has 2 N–H and O–H groups in total. The van der Waals surface area contributed by atoms with Gasteiger partial charge in [0.25, 0.3) is 5.91 Å². The molecule has 0 fully saturated rings. The first kappa shape index (κ1) is 16.8. The molecule has 0 atom stereocenters. The second-order valence-electron chi connectivity index (χ2n) is 6.12. The number of anilines is 1. The first-order chi connectivity index (χ1) is 10.3. The molecule has 0 radical (unpaired) electrons. The molecule has 4 nitrogen and oxygen atoms in total. The Morgan fingerprint density at radius 2 is 2.09 bits per heavy atom. The molecule has 2 aromatic rings. The van der Waals surface area contributed by atoms with Gasteiger partial charge < -0.3 is 10.6 Å². The number of carbonyl (C=O) groups excluding carboxylic acids is 1. The summed E-state index contributed by atoms with van der Waals surface area (Å²) in [5, 5.41) is 6.32. The van der Waals surface area contributed by atoms with Gasteiger partial charge in [-0.05, 0) is 45.4 Å². The summed E-state index contributed by atoms with van der Waals surface area (Å²) < 4.78 is 0.534. The van der Waals surface area contributed by atoms with E-state index < -0.39 is 0 Å². The van der Waals surface area contributed by atoms with Gasteiger partial charge in [-0.15, -0.1) is 11.3 Å². The second kappa shape index (κ2) is 6.67. The first-order valence-corrected chi connectivity index (χ1v) is 8.22. The molecule has 0 saturated heterocycles. The molecule has 1 amide bonds. The molecule has 0 saturated carbocycles. The van der Waals surface area contributed by atoms with Gasteiger partial charge in [0, 0.05) is 27.9 Å². The van der Waals surface area contributed by atoms with Crippen LogP contribution in [0.5, 0.6) is 0 Å². The standard InChI is InChI=1S/C16H20ClN3OS/c1-10-12(14(21)20-16(2,3)4)6-5-7-13(10)18-8-11-9-19-15(17)22-11/h5-7,9,18H,8H2,1-4H3,(H,20,21). The molecule has 6 heteroatoms. The average molecular weight is 338 g/mol. The Kier molecular flexibility index (Phi) is 5.08. The fourth-order valence-corrected chi connectivity index (χ4v) is 2.95. The van der Waals surface area contributed by atoms with E-state index >= 15 is 0 Å². The molecule has 0 aliphatic carbocycles. The molecule has 0 spiro atoms. The van der Waals surface area contributed by atoms with Crippen LogP contribution in [0.4, 0.5) is 5.69 Å². The van der Waals surface area contributed by atoms with Crippen molar-refractivity contribution < 1.29 is 4.79 Å². The summed E-state index contributed by atoms with van der Waals surface area (Å²) in [7, 11) is 0. The Bertz CT molecular complexity index is 676. The SMILES string of the molecule is Cc1c(NCc2cnc(Cl)s2)cccc1C(=O)NC(C)(C)C. The minimum Gasteiger partial charge on any atom is -0.380 e. The maximum absolute atomic E-state index is 12.3. The van der Waals surface area contributed by atoms with Crippen LogP contribution in [-0.2, 0) is 6.54 Å². The van der Waals surface area contributed by atoms with Crippen molar-refractivity contribution in [1.29, 1.82) is 0 Å². The van der Waals surface area contributed by atoms with Crippen LogP contribution in [0.15, 0.2) is 24.4 Å². The summed E-state index contributed by atoms with van der Waals surface area (Å²) in [6.45, 7) is 8.48. The summed E-state index contributed by atoms with van der Waals surface area (Å²) in [5.74, 6) is -0.0607. The molecular formula is C16H20ClN3OS. The molecule has 1 aromatic heterocycles. The summed E-state index contributed by atoms with van der Waals surface area (Å²) in [6.07, 6.45) is 1.76. The largest absolute Gasteiger partial charge is 0.380 e. The number of nitrogens with zero attached hydrogens (tertiary/aromatic N) is 1. The molecule has 0 bridgehead atoms. The number of aromatic nitrogens is 1. The van der Waals surface area contributed by atoms with Crippen molar-refractivity contribution in [2.24, 2.45) is 0 Å². The van der Waals surface area contributed by atoms with E-state index in [4.69, 9.17) is 11.6 Å². The number of carbonyl (C=O) groups is 1. The van der Waals surface area contributed by atoms with Crippen LogP contribution in [0, 0.1) is 6.92 Å². The van der Waals surface area contributed by atoms with Crippen molar-refractivity contribution in [3.05, 3.63) is 44.9 Å². The lowest BCUT2D eigenvalue weighted by Crippen LogP contribution is -2.40. The van der Waals surface area contributed by atoms with Crippen LogP contribution in [0.1, 0.15) is 41.6 Å². The van der Waals surface area contributed by atoms with Crippen LogP contribution >= 0.6 is 22.9 Å². The Morgan fingerprint density at radius 1 is 1.36 bits per heavy atom. The van der Waals surface area contributed by atoms with E-state index in [0.29, 0.717) is 16.6 Å². The Labute approximate surface area is 139 Å². The zero-order valence-electron chi connectivity index (χ0n) is 13.2. The lowest BCUT2D eigenvalue weighted by atomic mass is 10.0. The highest BCUT2D eigenvalue weighted by molar-refractivity contribution is 7.15. The van der Waals surface area contributed by atoms with Crippen molar-refractivity contribution in [3.63, 3.8) is 0 Å². The monoisotopic (exact) mass is 337 g/mol. The Morgan fingerprint density at radius 3 is 2.68 bits per heavy atom. The van der Waals surface area contributed by atoms with E-state index in [1.54, 1.807) is 6.20 Å². The molecule has 0 aliphatic rings. The van der Waals surface area contributed by atoms with Gasteiger partial charge in [-0.3, -0.25) is 4.79 Å². The summed E-state index contributed by atoms with van der Waals surface area (Å²) >= 11 is 7.27. The predicted octanol–water partition coefficient (Wildman–Crippen LogP) is 4.25. The highest BCUT2D eigenvalue weighted by Crippen LogP contribution is 2.23. The highest BCUT2D eigenvalue weighted by atomic mass is 35.5. The fourth-order valence-electron chi connectivity index (χ4n) is 2.03. The van der Waals surface area contributed by atoms with E-state index in [-0.39, 0.29) is 11.4 Å². The molecular weight excluding hydrogens is 318 g/mol. The van der Waals surface area contributed by atoms with Crippen LogP contribution in [0.2, 0.25) is 4.47 Å². The third kappa shape index (κ3) is 4.45. The van der Waals surface area contributed by atoms with E-state index in [0.717, 1.165) is 16.1 Å². The van der Waals surface area contributed by atoms with E-state index in [1.807, 2.05) is 45.9 Å². The topological polar surface area (TPSA) is 54.0 Å². The summed E-state index contributed by atoms with van der Waals surface area (Å²) in [6, 6.07) is 5.68. The van der Waals surface area contributed by atoms with Gasteiger partial charge in [-0.25, -0.2) is 4.98 Å². The van der Waals surface area contributed by atoms with Crippen LogP contribution in [0.3, 0.4) is 0 Å². The minimum atomic E-state index is -0.258. The van der Waals surface area contributed by atoms with Gasteiger partial charge in [0.2, 0.25) is 0 Å². The van der Waals surface area contributed by atoms with E-state index in [9.17, 15) is 4.79 Å². The van der Waals surface area contributed by atoms with Gasteiger partial charge in [0.15, 0.2) is 4.47 Å². The average Bonchev–Trinajstić information content (AvgIpc) is 2.81. The fraction of sp³-hybridized carbons (Fsp3) is 0.375. The number of thiazole rings is 1. The maximum Gasteiger partial charge on any atom is 0.252 e. The number of amides is 1. The third-order valence-corrected chi connectivity index (χ3v) is 4.16. The number of halogens is 1. The van der Waals surface area contributed by atoms with Crippen molar-refractivity contribution in [2.75, 3.05) is 5.32 Å². The highest BCUT2D eigenvalue weighted by Gasteiger charge is 2.17. The smallest absolute Gasteiger partial charge is 0.252 e. The third-order valence-electron chi connectivity index (χ3n) is 3.05. The number of hydrogen-bond donors (Lipinski definition) is 2. The van der Waals surface area contributed by atoms with Crippen LogP contribution < -0.4 is 10.6 Å². The summed E-state index contributed by atoms with van der Waals surface area (Å²) in [5.41, 5.74) is 2.29. The molecule has 0 aliphatic heterocycles. The quantitative estimate of drug-likeness (QED) is 0.877. The van der Waals surface area contributed by atoms with Gasteiger partial charge in [0.05, 0.1) is 6.54 Å². The lowest BCUT2D eigenvalue weighted by molar-refractivity contribution is 0.0919. The minimum absolute atomic E-state index is 0.0607. The first-order valence-electron chi connectivity index (χ1n) is 7.02. The normalized spacial score (nSPS) is 11.3. The zero-order valence-corrected chi connectivity index (χ0v) is 14.7. The van der Waals surface area contributed by atoms with Crippen LogP contribution in [-0.4, -0.2) is 16.4 Å². The number of nitrogens with one attached hydrogen (secondary N) is 2. The molecule has 2 rings (SSSR count). The van der Waals surface area contributed by atoms with Crippen molar-refractivity contribution in [2.45, 2.75) is 39.8 Å². The van der Waals surface area contributed by atoms with E-state index in [2.05, 4.69) is 15.6 Å². The van der Waals surface area contributed by atoms with E-state index in [1.165, 1.54) is 11.3 Å². The summed E-state index contributed by atoms with van der Waals surface area (Å²) in [4.78, 5) is 17.4. The Hall–Kier alpha value is -1.59. The molecule has 1 aromatic carbocycles. The van der Waals surface area contributed by atoms with Gasteiger partial charge in [0.1, 0.15) is 0 Å². The molecule has 118 valence electrons. The lowest BCUT2D eigenvalue weighted by Gasteiger charge is -2.21. The maximum atomic E-state index is 12.3. The van der Waals surface area contributed by atoms with Gasteiger partial charge >= 0.3 is 0 Å². The predicted molar refractivity (Wildman–Crippen MR) is 92.8 cm³/mol. The molecule has 0 unspecified atom stereocenters.